The Labute approximate surface area is 99.7 Å². The molecule has 0 radical (unpaired) electrons. The van der Waals surface area contributed by atoms with E-state index in [0.29, 0.717) is 5.88 Å². The summed E-state index contributed by atoms with van der Waals surface area (Å²) < 4.78 is 6.96. The molecule has 0 aliphatic heterocycles. The van der Waals surface area contributed by atoms with Crippen molar-refractivity contribution in [1.82, 2.24) is 25.1 Å². The predicted molar refractivity (Wildman–Crippen MR) is 62.7 cm³/mol. The zero-order valence-electron chi connectivity index (χ0n) is 10.1. The van der Waals surface area contributed by atoms with E-state index in [9.17, 15) is 0 Å². The minimum absolute atomic E-state index is 0.125. The van der Waals surface area contributed by atoms with E-state index in [-0.39, 0.29) is 6.04 Å². The van der Waals surface area contributed by atoms with Crippen LogP contribution in [0.4, 0.5) is 0 Å². The molecule has 0 aliphatic carbocycles. The molecule has 2 rings (SSSR count). The van der Waals surface area contributed by atoms with Gasteiger partial charge in [0.25, 0.3) is 0 Å². The number of nitrogens with one attached hydrogen (secondary N) is 1. The lowest BCUT2D eigenvalue weighted by Gasteiger charge is -2.15. The summed E-state index contributed by atoms with van der Waals surface area (Å²) >= 11 is 0. The average Bonchev–Trinajstić information content (AvgIpc) is 2.77. The zero-order valence-corrected chi connectivity index (χ0v) is 10.1. The van der Waals surface area contributed by atoms with E-state index < -0.39 is 0 Å². The summed E-state index contributed by atoms with van der Waals surface area (Å²) in [7, 11) is 5.32. The van der Waals surface area contributed by atoms with Crippen LogP contribution in [0, 0.1) is 0 Å². The Morgan fingerprint density at radius 1 is 1.35 bits per heavy atom. The predicted octanol–water partition coefficient (Wildman–Crippen LogP) is 0.527. The van der Waals surface area contributed by atoms with E-state index in [1.807, 2.05) is 26.4 Å². The third-order valence-electron chi connectivity index (χ3n) is 2.48. The molecule has 1 N–H and O–H groups in total. The molecule has 6 heteroatoms. The molecule has 0 aromatic carbocycles. The van der Waals surface area contributed by atoms with Gasteiger partial charge in [-0.3, -0.25) is 9.67 Å². The van der Waals surface area contributed by atoms with Crippen molar-refractivity contribution in [3.8, 4) is 5.88 Å². The van der Waals surface area contributed by atoms with Gasteiger partial charge in [0.05, 0.1) is 18.8 Å². The number of aryl methyl sites for hydroxylation is 1. The van der Waals surface area contributed by atoms with Crippen LogP contribution in [0.5, 0.6) is 5.88 Å². The highest BCUT2D eigenvalue weighted by Gasteiger charge is 2.20. The first-order valence-electron chi connectivity index (χ1n) is 5.28. The van der Waals surface area contributed by atoms with Gasteiger partial charge in [-0.05, 0) is 13.1 Å². The van der Waals surface area contributed by atoms with Crippen LogP contribution in [0.1, 0.15) is 17.4 Å². The fourth-order valence-corrected chi connectivity index (χ4v) is 1.70. The van der Waals surface area contributed by atoms with Crippen LogP contribution >= 0.6 is 0 Å². The second-order valence-electron chi connectivity index (χ2n) is 3.59. The summed E-state index contributed by atoms with van der Waals surface area (Å²) in [5.74, 6) is 0.512. The van der Waals surface area contributed by atoms with E-state index in [1.54, 1.807) is 24.2 Å². The van der Waals surface area contributed by atoms with Gasteiger partial charge >= 0.3 is 0 Å². The molecule has 6 nitrogen and oxygen atoms in total. The summed E-state index contributed by atoms with van der Waals surface area (Å²) in [6.45, 7) is 0. The standard InChI is InChI=1S/C11H15N5O/c1-12-9(8-4-7-16(2)15-8)10-11(17-3)14-6-5-13-10/h4-7,9,12H,1-3H3. The van der Waals surface area contributed by atoms with Gasteiger partial charge in [-0.15, -0.1) is 0 Å². The fraction of sp³-hybridized carbons (Fsp3) is 0.364. The molecule has 0 spiro atoms. The van der Waals surface area contributed by atoms with Gasteiger partial charge in [-0.25, -0.2) is 4.98 Å². The molecule has 0 saturated carbocycles. The number of rotatable bonds is 4. The normalized spacial score (nSPS) is 12.4. The van der Waals surface area contributed by atoms with Crippen molar-refractivity contribution in [1.29, 1.82) is 0 Å². The van der Waals surface area contributed by atoms with Gasteiger partial charge in [0.2, 0.25) is 5.88 Å². The first kappa shape index (κ1) is 11.5. The molecule has 1 unspecified atom stereocenters. The maximum Gasteiger partial charge on any atom is 0.237 e. The minimum Gasteiger partial charge on any atom is -0.480 e. The van der Waals surface area contributed by atoms with E-state index in [1.165, 1.54) is 0 Å². The smallest absolute Gasteiger partial charge is 0.237 e. The SMILES string of the molecule is CNC(c1ccn(C)n1)c1nccnc1OC. The minimum atomic E-state index is -0.125. The lowest BCUT2D eigenvalue weighted by molar-refractivity contribution is 0.383. The first-order chi connectivity index (χ1) is 8.26. The van der Waals surface area contributed by atoms with Crippen molar-refractivity contribution in [2.24, 2.45) is 7.05 Å². The van der Waals surface area contributed by atoms with Crippen LogP contribution in [0.2, 0.25) is 0 Å². The van der Waals surface area contributed by atoms with Crippen LogP contribution in [0.15, 0.2) is 24.7 Å². The van der Waals surface area contributed by atoms with Crippen molar-refractivity contribution in [3.63, 3.8) is 0 Å². The molecule has 0 aliphatic rings. The lowest BCUT2D eigenvalue weighted by Crippen LogP contribution is -2.20. The van der Waals surface area contributed by atoms with Gasteiger partial charge in [0.1, 0.15) is 5.69 Å². The Hall–Kier alpha value is -1.95. The Morgan fingerprint density at radius 3 is 2.71 bits per heavy atom. The van der Waals surface area contributed by atoms with Crippen LogP contribution in [0.25, 0.3) is 0 Å². The first-order valence-corrected chi connectivity index (χ1v) is 5.28. The van der Waals surface area contributed by atoms with Crippen molar-refractivity contribution in [3.05, 3.63) is 36.0 Å². The average molecular weight is 233 g/mol. The number of ether oxygens (including phenoxy) is 1. The van der Waals surface area contributed by atoms with Gasteiger partial charge in [0, 0.05) is 25.6 Å². The maximum atomic E-state index is 5.21. The van der Waals surface area contributed by atoms with Crippen LogP contribution in [0.3, 0.4) is 0 Å². The van der Waals surface area contributed by atoms with Gasteiger partial charge in [-0.1, -0.05) is 0 Å². The van der Waals surface area contributed by atoms with Crippen molar-refractivity contribution in [2.45, 2.75) is 6.04 Å². The quantitative estimate of drug-likeness (QED) is 0.834. The fourth-order valence-electron chi connectivity index (χ4n) is 1.70. The van der Waals surface area contributed by atoms with E-state index >= 15 is 0 Å². The molecule has 2 heterocycles. The highest BCUT2D eigenvalue weighted by molar-refractivity contribution is 5.28. The Morgan fingerprint density at radius 2 is 2.12 bits per heavy atom. The summed E-state index contributed by atoms with van der Waals surface area (Å²) in [6, 6.07) is 1.81. The molecule has 2 aromatic heterocycles. The van der Waals surface area contributed by atoms with Gasteiger partial charge in [0.15, 0.2) is 0 Å². The van der Waals surface area contributed by atoms with E-state index in [0.717, 1.165) is 11.4 Å². The van der Waals surface area contributed by atoms with Crippen molar-refractivity contribution < 1.29 is 4.74 Å². The van der Waals surface area contributed by atoms with Crippen molar-refractivity contribution >= 4 is 0 Å². The summed E-state index contributed by atoms with van der Waals surface area (Å²) in [5, 5.41) is 7.53. The second-order valence-corrected chi connectivity index (χ2v) is 3.59. The third kappa shape index (κ3) is 2.26. The molecular formula is C11H15N5O. The number of aromatic nitrogens is 4. The lowest BCUT2D eigenvalue weighted by atomic mass is 10.1. The topological polar surface area (TPSA) is 64.9 Å². The van der Waals surface area contributed by atoms with Crippen LogP contribution < -0.4 is 10.1 Å². The number of nitrogens with zero attached hydrogens (tertiary/aromatic N) is 4. The van der Waals surface area contributed by atoms with E-state index in [4.69, 9.17) is 4.74 Å². The number of hydrogen-bond donors (Lipinski definition) is 1. The molecule has 1 atom stereocenters. The monoisotopic (exact) mass is 233 g/mol. The van der Waals surface area contributed by atoms with Crippen LogP contribution in [-0.4, -0.2) is 33.9 Å². The van der Waals surface area contributed by atoms with Gasteiger partial charge in [-0.2, -0.15) is 5.10 Å². The molecule has 0 bridgehead atoms. The molecular weight excluding hydrogens is 218 g/mol. The molecule has 0 amide bonds. The summed E-state index contributed by atoms with van der Waals surface area (Å²) in [4.78, 5) is 8.45. The third-order valence-corrected chi connectivity index (χ3v) is 2.48. The largest absolute Gasteiger partial charge is 0.480 e. The molecule has 90 valence electrons. The zero-order chi connectivity index (χ0) is 12.3. The van der Waals surface area contributed by atoms with Crippen molar-refractivity contribution in [2.75, 3.05) is 14.2 Å². The second kappa shape index (κ2) is 4.92. The number of methoxy groups -OCH3 is 1. The highest BCUT2D eigenvalue weighted by atomic mass is 16.5. The Kier molecular flexibility index (Phi) is 3.34. The molecule has 2 aromatic rings. The Balaban J connectivity index is 2.41. The van der Waals surface area contributed by atoms with E-state index in [2.05, 4.69) is 20.4 Å². The van der Waals surface area contributed by atoms with Gasteiger partial charge < -0.3 is 10.1 Å². The molecule has 0 fully saturated rings. The Bertz CT molecular complexity index is 496. The molecule has 0 saturated heterocycles. The highest BCUT2D eigenvalue weighted by Crippen LogP contribution is 2.24. The summed E-state index contributed by atoms with van der Waals surface area (Å²) in [6.07, 6.45) is 5.14. The molecule has 17 heavy (non-hydrogen) atoms. The number of hydrogen-bond acceptors (Lipinski definition) is 5. The summed E-state index contributed by atoms with van der Waals surface area (Å²) in [5.41, 5.74) is 1.62. The van der Waals surface area contributed by atoms with Crippen LogP contribution in [-0.2, 0) is 7.05 Å². The maximum absolute atomic E-state index is 5.21.